The van der Waals surface area contributed by atoms with E-state index in [-0.39, 0.29) is 29.0 Å². The van der Waals surface area contributed by atoms with Crippen LogP contribution in [0, 0.1) is 23.7 Å². The van der Waals surface area contributed by atoms with E-state index >= 15 is 0 Å². The van der Waals surface area contributed by atoms with Gasteiger partial charge in [-0.15, -0.1) is 10.2 Å². The second-order valence-corrected chi connectivity index (χ2v) is 11.3. The zero-order chi connectivity index (χ0) is 23.7. The molecular weight excluding hydrogens is 456 g/mol. The molecule has 0 saturated heterocycles. The van der Waals surface area contributed by atoms with Crippen molar-refractivity contribution in [2.75, 3.05) is 16.5 Å². The molecule has 3 N–H and O–H groups in total. The molecule has 2 aromatic rings. The van der Waals surface area contributed by atoms with E-state index in [2.05, 4.69) is 21.6 Å². The van der Waals surface area contributed by atoms with Gasteiger partial charge in [-0.25, -0.2) is 0 Å². The van der Waals surface area contributed by atoms with Gasteiger partial charge in [0.15, 0.2) is 10.1 Å². The van der Waals surface area contributed by atoms with Crippen molar-refractivity contribution < 1.29 is 9.59 Å². The second kappa shape index (κ2) is 7.17. The predicted molar refractivity (Wildman–Crippen MR) is 128 cm³/mol. The lowest BCUT2D eigenvalue weighted by Crippen LogP contribution is -2.52. The highest BCUT2D eigenvalue weighted by molar-refractivity contribution is 8.00. The second-order valence-electron chi connectivity index (χ2n) is 9.28. The monoisotopic (exact) mass is 478 g/mol. The molecule has 0 saturated carbocycles. The number of benzene rings is 1. The lowest BCUT2D eigenvalue weighted by Gasteiger charge is -2.45. The summed E-state index contributed by atoms with van der Waals surface area (Å²) in [5.41, 5.74) is 7.80. The number of nitriles is 1. The summed E-state index contributed by atoms with van der Waals surface area (Å²) in [6, 6.07) is 7.75. The molecule has 0 bridgehead atoms. The lowest BCUT2D eigenvalue weighted by molar-refractivity contribution is -0.123. The van der Waals surface area contributed by atoms with Crippen LogP contribution < -0.4 is 16.0 Å². The third kappa shape index (κ3) is 2.89. The lowest BCUT2D eigenvalue weighted by atomic mass is 9.61. The van der Waals surface area contributed by atoms with Gasteiger partial charge in [0, 0.05) is 28.9 Å². The molecule has 5 rings (SSSR count). The summed E-state index contributed by atoms with van der Waals surface area (Å²) >= 11 is 2.78. The van der Waals surface area contributed by atoms with Gasteiger partial charge in [0.25, 0.3) is 0 Å². The van der Waals surface area contributed by atoms with Gasteiger partial charge in [0.05, 0.1) is 5.57 Å². The van der Waals surface area contributed by atoms with Gasteiger partial charge < -0.3 is 11.1 Å². The Kier molecular flexibility index (Phi) is 4.71. The van der Waals surface area contributed by atoms with Gasteiger partial charge in [-0.05, 0) is 31.1 Å². The largest absolute Gasteiger partial charge is 0.384 e. The number of nitrogens with two attached hydrogens (primary N) is 1. The van der Waals surface area contributed by atoms with Crippen molar-refractivity contribution in [1.29, 1.82) is 5.26 Å². The smallest absolute Gasteiger partial charge is 0.245 e. The van der Waals surface area contributed by atoms with Gasteiger partial charge in [0.2, 0.25) is 11.0 Å². The first kappa shape index (κ1) is 21.7. The normalized spacial score (nSPS) is 23.5. The minimum absolute atomic E-state index is 0.0389. The molecule has 1 amide bonds. The first-order valence-electron chi connectivity index (χ1n) is 10.4. The summed E-state index contributed by atoms with van der Waals surface area (Å²) in [6.07, 6.45) is 2.66. The number of thioether (sulfide) groups is 1. The minimum atomic E-state index is -1.58. The van der Waals surface area contributed by atoms with E-state index in [1.54, 1.807) is 4.90 Å². The van der Waals surface area contributed by atoms with Crippen molar-refractivity contribution >= 4 is 45.6 Å². The summed E-state index contributed by atoms with van der Waals surface area (Å²) in [5, 5.41) is 22.2. The molecular formula is C23H22N6O2S2. The number of rotatable bonds is 2. The maximum absolute atomic E-state index is 13.8. The standard InChI is InChI=1S/C23H22N6O2S2/c1-11-5-6-14-12(7-11)23(19(31)26-14)13(10-24)18(25)29(20-27-28-21(32-4)33-20)15-8-22(2,3)9-16(30)17(15)23/h5-7H,8-9,25H2,1-4H3,(H,26,31). The molecule has 3 heterocycles. The van der Waals surface area contributed by atoms with Crippen LogP contribution in [0.5, 0.6) is 0 Å². The molecule has 1 aliphatic carbocycles. The molecule has 168 valence electrons. The molecule has 1 aromatic carbocycles. The quantitative estimate of drug-likeness (QED) is 0.627. The van der Waals surface area contributed by atoms with Crippen molar-refractivity contribution in [2.24, 2.45) is 11.1 Å². The van der Waals surface area contributed by atoms with E-state index in [4.69, 9.17) is 5.73 Å². The fourth-order valence-electron chi connectivity index (χ4n) is 5.13. The van der Waals surface area contributed by atoms with Gasteiger partial charge >= 0.3 is 0 Å². The Morgan fingerprint density at radius 2 is 2.03 bits per heavy atom. The predicted octanol–water partition coefficient (Wildman–Crippen LogP) is 3.62. The Labute approximate surface area is 199 Å². The van der Waals surface area contributed by atoms with Crippen molar-refractivity contribution in [2.45, 2.75) is 43.4 Å². The number of allylic oxidation sites excluding steroid dienone is 1. The highest BCUT2D eigenvalue weighted by atomic mass is 32.2. The molecule has 1 spiro atoms. The van der Waals surface area contributed by atoms with Crippen molar-refractivity contribution in [3.63, 3.8) is 0 Å². The number of nitrogens with one attached hydrogen (secondary N) is 1. The summed E-state index contributed by atoms with van der Waals surface area (Å²) in [7, 11) is 0. The van der Waals surface area contributed by atoms with Crippen LogP contribution in [-0.2, 0) is 15.0 Å². The van der Waals surface area contributed by atoms with Gasteiger partial charge in [0.1, 0.15) is 17.3 Å². The maximum Gasteiger partial charge on any atom is 0.245 e. The Morgan fingerprint density at radius 3 is 2.70 bits per heavy atom. The minimum Gasteiger partial charge on any atom is -0.384 e. The van der Waals surface area contributed by atoms with Gasteiger partial charge in [-0.3, -0.25) is 14.5 Å². The van der Waals surface area contributed by atoms with E-state index in [9.17, 15) is 14.9 Å². The van der Waals surface area contributed by atoms with E-state index < -0.39 is 11.3 Å². The van der Waals surface area contributed by atoms with Crippen molar-refractivity contribution in [3.8, 4) is 6.07 Å². The van der Waals surface area contributed by atoms with E-state index in [0.717, 1.165) is 9.90 Å². The van der Waals surface area contributed by atoms with Crippen LogP contribution in [0.2, 0.25) is 0 Å². The molecule has 0 fully saturated rings. The number of aryl methyl sites for hydroxylation is 1. The SMILES string of the molecule is CSc1nnc(N2C(N)=C(C#N)C3(C(=O)Nc4ccc(C)cc43)C3=C2CC(C)(C)CC3=O)s1. The molecule has 1 unspecified atom stereocenters. The van der Waals surface area contributed by atoms with Crippen LogP contribution in [-0.4, -0.2) is 28.1 Å². The van der Waals surface area contributed by atoms with E-state index in [1.807, 2.05) is 45.2 Å². The van der Waals surface area contributed by atoms with Crippen LogP contribution in [0.25, 0.3) is 0 Å². The fourth-order valence-corrected chi connectivity index (χ4v) is 6.42. The first-order valence-corrected chi connectivity index (χ1v) is 12.5. The first-order chi connectivity index (χ1) is 15.6. The molecule has 2 aliphatic heterocycles. The number of hydrogen-bond acceptors (Lipinski definition) is 9. The molecule has 1 atom stereocenters. The number of anilines is 2. The molecule has 1 aromatic heterocycles. The maximum atomic E-state index is 13.8. The van der Waals surface area contributed by atoms with E-state index in [0.29, 0.717) is 34.1 Å². The summed E-state index contributed by atoms with van der Waals surface area (Å²) < 4.78 is 0.736. The number of ketones is 1. The zero-order valence-corrected chi connectivity index (χ0v) is 20.3. The zero-order valence-electron chi connectivity index (χ0n) is 18.6. The summed E-state index contributed by atoms with van der Waals surface area (Å²) in [6.45, 7) is 5.94. The Morgan fingerprint density at radius 1 is 1.27 bits per heavy atom. The molecule has 10 heteroatoms. The van der Waals surface area contributed by atoms with Crippen LogP contribution in [0.3, 0.4) is 0 Å². The molecule has 8 nitrogen and oxygen atoms in total. The number of carbonyl (C=O) groups excluding carboxylic acids is 2. The highest BCUT2D eigenvalue weighted by Gasteiger charge is 2.61. The van der Waals surface area contributed by atoms with Crippen LogP contribution in [0.15, 0.2) is 45.2 Å². The Hall–Kier alpha value is -3.16. The molecule has 3 aliphatic rings. The van der Waals surface area contributed by atoms with Crippen molar-refractivity contribution in [1.82, 2.24) is 10.2 Å². The number of aromatic nitrogens is 2. The highest BCUT2D eigenvalue weighted by Crippen LogP contribution is 2.57. The number of carbonyl (C=O) groups is 2. The van der Waals surface area contributed by atoms with Gasteiger partial charge in [-0.1, -0.05) is 54.6 Å². The summed E-state index contributed by atoms with van der Waals surface area (Å²) in [4.78, 5) is 29.1. The third-order valence-electron chi connectivity index (χ3n) is 6.41. The van der Waals surface area contributed by atoms with Crippen LogP contribution in [0.4, 0.5) is 10.8 Å². The topological polar surface area (TPSA) is 125 Å². The summed E-state index contributed by atoms with van der Waals surface area (Å²) in [5.74, 6) is -0.481. The van der Waals surface area contributed by atoms with Crippen molar-refractivity contribution in [3.05, 3.63) is 52.0 Å². The number of amides is 1. The number of Topliss-reactive ketones (excluding diaryl/α,β-unsaturated/α-hetero) is 1. The number of hydrogen-bond donors (Lipinski definition) is 2. The number of nitrogens with zero attached hydrogens (tertiary/aromatic N) is 4. The van der Waals surface area contributed by atoms with Crippen LogP contribution >= 0.6 is 23.1 Å². The average molecular weight is 479 g/mol. The Balaban J connectivity index is 1.89. The van der Waals surface area contributed by atoms with Gasteiger partial charge in [-0.2, -0.15) is 5.26 Å². The van der Waals surface area contributed by atoms with Crippen LogP contribution in [0.1, 0.15) is 37.8 Å². The Bertz CT molecular complexity index is 1350. The average Bonchev–Trinajstić information content (AvgIpc) is 3.31. The third-order valence-corrected chi connectivity index (χ3v) is 8.29. The number of fused-ring (bicyclic) bond motifs is 3. The molecule has 33 heavy (non-hydrogen) atoms. The van der Waals surface area contributed by atoms with E-state index in [1.165, 1.54) is 23.1 Å². The fraction of sp³-hybridized carbons (Fsp3) is 0.348. The molecule has 0 radical (unpaired) electrons.